The van der Waals surface area contributed by atoms with E-state index in [9.17, 15) is 4.79 Å². The maximum Gasteiger partial charge on any atom is 0.313 e. The first kappa shape index (κ1) is 11.1. The van der Waals surface area contributed by atoms with Gasteiger partial charge in [-0.3, -0.25) is 4.79 Å². The van der Waals surface area contributed by atoms with Crippen LogP contribution < -0.4 is 5.32 Å². The normalized spacial score (nSPS) is 9.93. The van der Waals surface area contributed by atoms with E-state index < -0.39 is 5.37 Å². The maximum absolute atomic E-state index is 10.4. The van der Waals surface area contributed by atoms with Gasteiger partial charge < -0.3 is 5.32 Å². The standard InChI is InChI=1S/C11H14ClNO/c1-8-3-4-10(7-9(8)2)5-6-13-11(12)14/h3-4,7H,5-6H2,1-2H3,(H,13,14). The Hall–Kier alpha value is -1.02. The first-order chi connectivity index (χ1) is 6.59. The molecule has 1 amide bonds. The fourth-order valence-corrected chi connectivity index (χ4v) is 1.36. The Morgan fingerprint density at radius 1 is 1.36 bits per heavy atom. The van der Waals surface area contributed by atoms with Gasteiger partial charge in [0.1, 0.15) is 0 Å². The van der Waals surface area contributed by atoms with E-state index in [0.717, 1.165) is 6.42 Å². The van der Waals surface area contributed by atoms with Crippen molar-refractivity contribution in [2.75, 3.05) is 6.54 Å². The van der Waals surface area contributed by atoms with Gasteiger partial charge >= 0.3 is 5.37 Å². The van der Waals surface area contributed by atoms with E-state index in [1.54, 1.807) is 0 Å². The van der Waals surface area contributed by atoms with Crippen molar-refractivity contribution in [2.24, 2.45) is 0 Å². The molecule has 0 spiro atoms. The molecular formula is C11H14ClNO. The molecule has 0 aromatic heterocycles. The fraction of sp³-hybridized carbons (Fsp3) is 0.364. The second kappa shape index (κ2) is 5.01. The van der Waals surface area contributed by atoms with Crippen LogP contribution >= 0.6 is 11.6 Å². The number of nitrogens with one attached hydrogen (secondary N) is 1. The Morgan fingerprint density at radius 2 is 2.07 bits per heavy atom. The highest BCUT2D eigenvalue weighted by atomic mass is 35.5. The summed E-state index contributed by atoms with van der Waals surface area (Å²) in [6, 6.07) is 6.30. The van der Waals surface area contributed by atoms with Crippen LogP contribution in [0.1, 0.15) is 16.7 Å². The fourth-order valence-electron chi connectivity index (χ4n) is 1.26. The van der Waals surface area contributed by atoms with Gasteiger partial charge in [0.05, 0.1) is 0 Å². The molecule has 0 aliphatic carbocycles. The topological polar surface area (TPSA) is 29.1 Å². The average Bonchev–Trinajstić information content (AvgIpc) is 2.10. The summed E-state index contributed by atoms with van der Waals surface area (Å²) in [4.78, 5) is 10.4. The third-order valence-electron chi connectivity index (χ3n) is 2.25. The number of hydrogen-bond acceptors (Lipinski definition) is 1. The summed E-state index contributed by atoms with van der Waals surface area (Å²) in [6.45, 7) is 4.75. The molecule has 2 nitrogen and oxygen atoms in total. The molecule has 1 aromatic carbocycles. The Morgan fingerprint density at radius 3 is 2.64 bits per heavy atom. The number of hydrogen-bond donors (Lipinski definition) is 1. The predicted octanol–water partition coefficient (Wildman–Crippen LogP) is 2.79. The van der Waals surface area contributed by atoms with Crippen LogP contribution in [0.4, 0.5) is 4.79 Å². The number of benzene rings is 1. The van der Waals surface area contributed by atoms with Crippen molar-refractivity contribution in [3.8, 4) is 0 Å². The lowest BCUT2D eigenvalue weighted by Gasteiger charge is -2.05. The largest absolute Gasteiger partial charge is 0.342 e. The number of aryl methyl sites for hydroxylation is 2. The molecule has 0 saturated heterocycles. The first-order valence-electron chi connectivity index (χ1n) is 4.59. The van der Waals surface area contributed by atoms with Crippen LogP contribution in [-0.2, 0) is 6.42 Å². The summed E-state index contributed by atoms with van der Waals surface area (Å²) in [5.41, 5.74) is 3.79. The Kier molecular flexibility index (Phi) is 3.96. The highest BCUT2D eigenvalue weighted by Gasteiger charge is 1.97. The number of rotatable bonds is 3. The van der Waals surface area contributed by atoms with Crippen LogP contribution in [0.3, 0.4) is 0 Å². The Labute approximate surface area is 89.3 Å². The molecule has 0 atom stereocenters. The molecule has 0 aliphatic heterocycles. The molecule has 0 heterocycles. The van der Waals surface area contributed by atoms with E-state index in [1.807, 2.05) is 0 Å². The van der Waals surface area contributed by atoms with Gasteiger partial charge in [-0.05, 0) is 48.6 Å². The second-order valence-corrected chi connectivity index (χ2v) is 3.71. The number of carbonyl (C=O) groups is 1. The molecule has 0 radical (unpaired) electrons. The van der Waals surface area contributed by atoms with E-state index in [-0.39, 0.29) is 0 Å². The van der Waals surface area contributed by atoms with Crippen molar-refractivity contribution >= 4 is 17.0 Å². The van der Waals surface area contributed by atoms with Gasteiger partial charge in [0.25, 0.3) is 0 Å². The second-order valence-electron chi connectivity index (χ2n) is 3.37. The quantitative estimate of drug-likeness (QED) is 0.605. The van der Waals surface area contributed by atoms with Gasteiger partial charge in [-0.1, -0.05) is 18.2 Å². The van der Waals surface area contributed by atoms with Crippen LogP contribution in [-0.4, -0.2) is 11.9 Å². The zero-order chi connectivity index (χ0) is 10.6. The molecule has 1 N–H and O–H groups in total. The minimum atomic E-state index is -0.492. The van der Waals surface area contributed by atoms with Gasteiger partial charge in [-0.25, -0.2) is 0 Å². The van der Waals surface area contributed by atoms with Gasteiger partial charge in [0, 0.05) is 6.54 Å². The van der Waals surface area contributed by atoms with Crippen molar-refractivity contribution in [3.05, 3.63) is 34.9 Å². The van der Waals surface area contributed by atoms with Gasteiger partial charge in [0.2, 0.25) is 0 Å². The number of carbonyl (C=O) groups excluding carboxylic acids is 1. The molecular weight excluding hydrogens is 198 g/mol. The summed E-state index contributed by atoms with van der Waals surface area (Å²) in [5.74, 6) is 0. The molecule has 76 valence electrons. The van der Waals surface area contributed by atoms with Crippen LogP contribution in [0.5, 0.6) is 0 Å². The lowest BCUT2D eigenvalue weighted by atomic mass is 10.0. The van der Waals surface area contributed by atoms with Crippen LogP contribution in [0.25, 0.3) is 0 Å². The SMILES string of the molecule is Cc1ccc(CCNC(=O)Cl)cc1C. The summed E-state index contributed by atoms with van der Waals surface area (Å²) in [7, 11) is 0. The summed E-state index contributed by atoms with van der Waals surface area (Å²) in [5, 5.41) is 2.06. The maximum atomic E-state index is 10.4. The van der Waals surface area contributed by atoms with Crippen molar-refractivity contribution in [2.45, 2.75) is 20.3 Å². The Bertz CT molecular complexity index is 336. The zero-order valence-electron chi connectivity index (χ0n) is 8.43. The van der Waals surface area contributed by atoms with Crippen molar-refractivity contribution in [3.63, 3.8) is 0 Å². The molecule has 0 saturated carbocycles. The lowest BCUT2D eigenvalue weighted by molar-refractivity contribution is 0.260. The van der Waals surface area contributed by atoms with Crippen LogP contribution in [0.15, 0.2) is 18.2 Å². The van der Waals surface area contributed by atoms with E-state index in [2.05, 4.69) is 37.4 Å². The van der Waals surface area contributed by atoms with Crippen LogP contribution in [0, 0.1) is 13.8 Å². The molecule has 14 heavy (non-hydrogen) atoms. The lowest BCUT2D eigenvalue weighted by Crippen LogP contribution is -2.19. The van der Waals surface area contributed by atoms with Gasteiger partial charge in [-0.2, -0.15) is 0 Å². The van der Waals surface area contributed by atoms with E-state index in [0.29, 0.717) is 6.54 Å². The van der Waals surface area contributed by atoms with Crippen molar-refractivity contribution in [1.29, 1.82) is 0 Å². The van der Waals surface area contributed by atoms with Gasteiger partial charge in [-0.15, -0.1) is 0 Å². The summed E-state index contributed by atoms with van der Waals surface area (Å²) < 4.78 is 0. The average molecular weight is 212 g/mol. The molecule has 0 bridgehead atoms. The van der Waals surface area contributed by atoms with E-state index in [1.165, 1.54) is 16.7 Å². The third-order valence-corrected chi connectivity index (χ3v) is 2.38. The molecule has 0 unspecified atom stereocenters. The summed E-state index contributed by atoms with van der Waals surface area (Å²) >= 11 is 5.15. The highest BCUT2D eigenvalue weighted by molar-refractivity contribution is 6.62. The van der Waals surface area contributed by atoms with Crippen molar-refractivity contribution in [1.82, 2.24) is 5.32 Å². The summed E-state index contributed by atoms with van der Waals surface area (Å²) in [6.07, 6.45) is 0.819. The molecule has 0 fully saturated rings. The number of halogens is 1. The first-order valence-corrected chi connectivity index (χ1v) is 4.97. The zero-order valence-corrected chi connectivity index (χ0v) is 9.19. The molecule has 1 rings (SSSR count). The van der Waals surface area contributed by atoms with Crippen molar-refractivity contribution < 1.29 is 4.79 Å². The monoisotopic (exact) mass is 211 g/mol. The highest BCUT2D eigenvalue weighted by Crippen LogP contribution is 2.09. The van der Waals surface area contributed by atoms with E-state index in [4.69, 9.17) is 11.6 Å². The minimum Gasteiger partial charge on any atom is -0.342 e. The van der Waals surface area contributed by atoms with E-state index >= 15 is 0 Å². The van der Waals surface area contributed by atoms with Crippen LogP contribution in [0.2, 0.25) is 0 Å². The smallest absolute Gasteiger partial charge is 0.313 e. The predicted molar refractivity (Wildman–Crippen MR) is 58.9 cm³/mol. The van der Waals surface area contributed by atoms with Gasteiger partial charge in [0.15, 0.2) is 0 Å². The Balaban J connectivity index is 2.51. The third kappa shape index (κ3) is 3.38. The molecule has 1 aromatic rings. The molecule has 3 heteroatoms. The molecule has 0 aliphatic rings. The minimum absolute atomic E-state index is 0.492. The number of amides is 1.